The molecule has 1 aliphatic heterocycles. The minimum Gasteiger partial charge on any atom is -0.459 e. The minimum absolute atomic E-state index is 0.0173. The number of carbonyl (C=O) groups excluding carboxylic acids is 2. The SMILES string of the molecule is O=C(N[C@H]1C[C@H]2CN(C(=O)C3CCC3)C[C@H]2C[C@@H]1OCC1CC1)c1ccco1. The maximum Gasteiger partial charge on any atom is 0.287 e. The third kappa shape index (κ3) is 3.71. The quantitative estimate of drug-likeness (QED) is 0.816. The number of carbonyl (C=O) groups is 2. The molecule has 1 aromatic heterocycles. The molecule has 1 aromatic rings. The Morgan fingerprint density at radius 3 is 2.57 bits per heavy atom. The van der Waals surface area contributed by atoms with E-state index in [0.717, 1.165) is 45.4 Å². The Morgan fingerprint density at radius 1 is 1.14 bits per heavy atom. The molecule has 6 heteroatoms. The lowest BCUT2D eigenvalue weighted by atomic mass is 9.77. The summed E-state index contributed by atoms with van der Waals surface area (Å²) in [5, 5.41) is 3.16. The van der Waals surface area contributed by atoms with Gasteiger partial charge in [-0.15, -0.1) is 0 Å². The summed E-state index contributed by atoms with van der Waals surface area (Å²) in [5.74, 6) is 2.42. The van der Waals surface area contributed by atoms with Gasteiger partial charge in [-0.2, -0.15) is 0 Å². The summed E-state index contributed by atoms with van der Waals surface area (Å²) >= 11 is 0. The first-order valence-electron chi connectivity index (χ1n) is 10.9. The summed E-state index contributed by atoms with van der Waals surface area (Å²) in [6.07, 6.45) is 9.16. The lowest BCUT2D eigenvalue weighted by Crippen LogP contribution is -2.50. The van der Waals surface area contributed by atoms with Gasteiger partial charge in [0.05, 0.1) is 18.4 Å². The minimum atomic E-state index is -0.172. The fourth-order valence-electron chi connectivity index (χ4n) is 5.03. The number of hydrogen-bond acceptors (Lipinski definition) is 4. The number of nitrogens with zero attached hydrogens (tertiary/aromatic N) is 1. The van der Waals surface area contributed by atoms with E-state index in [0.29, 0.717) is 29.4 Å². The summed E-state index contributed by atoms with van der Waals surface area (Å²) < 4.78 is 11.5. The third-order valence-electron chi connectivity index (χ3n) is 7.19. The van der Waals surface area contributed by atoms with E-state index in [9.17, 15) is 9.59 Å². The summed E-state index contributed by atoms with van der Waals surface area (Å²) in [7, 11) is 0. The molecule has 0 radical (unpaired) electrons. The average molecular weight is 386 g/mol. The molecule has 0 unspecified atom stereocenters. The Balaban J connectivity index is 1.25. The van der Waals surface area contributed by atoms with Gasteiger partial charge in [-0.3, -0.25) is 9.59 Å². The van der Waals surface area contributed by atoms with Crippen molar-refractivity contribution in [3.8, 4) is 0 Å². The van der Waals surface area contributed by atoms with Crippen LogP contribution in [0, 0.1) is 23.7 Å². The molecule has 2 amide bonds. The van der Waals surface area contributed by atoms with Crippen molar-refractivity contribution in [2.45, 2.75) is 57.1 Å². The number of furan rings is 1. The van der Waals surface area contributed by atoms with Crippen LogP contribution in [-0.2, 0) is 9.53 Å². The van der Waals surface area contributed by atoms with Crippen LogP contribution in [0.2, 0.25) is 0 Å². The highest BCUT2D eigenvalue weighted by Crippen LogP contribution is 2.40. The molecule has 3 aliphatic carbocycles. The third-order valence-corrected chi connectivity index (χ3v) is 7.19. The van der Waals surface area contributed by atoms with E-state index in [1.54, 1.807) is 12.1 Å². The number of ether oxygens (including phenoxy) is 1. The van der Waals surface area contributed by atoms with E-state index in [1.165, 1.54) is 25.5 Å². The molecular weight excluding hydrogens is 356 g/mol. The highest BCUT2D eigenvalue weighted by molar-refractivity contribution is 5.91. The van der Waals surface area contributed by atoms with Gasteiger partial charge in [0.15, 0.2) is 5.76 Å². The smallest absolute Gasteiger partial charge is 0.287 e. The van der Waals surface area contributed by atoms with E-state index >= 15 is 0 Å². The highest BCUT2D eigenvalue weighted by atomic mass is 16.5. The van der Waals surface area contributed by atoms with Crippen LogP contribution < -0.4 is 5.32 Å². The van der Waals surface area contributed by atoms with Crippen molar-refractivity contribution >= 4 is 11.8 Å². The molecule has 2 heterocycles. The summed E-state index contributed by atoms with van der Waals surface area (Å²) in [6.45, 7) is 2.49. The number of amides is 2. The molecule has 1 N–H and O–H groups in total. The number of rotatable bonds is 6. The van der Waals surface area contributed by atoms with Crippen LogP contribution in [0.1, 0.15) is 55.5 Å². The fraction of sp³-hybridized carbons (Fsp3) is 0.727. The molecule has 0 aromatic carbocycles. The molecule has 4 atom stereocenters. The Bertz CT molecular complexity index is 710. The summed E-state index contributed by atoms with van der Waals surface area (Å²) in [4.78, 5) is 27.3. The highest BCUT2D eigenvalue weighted by Gasteiger charge is 2.46. The van der Waals surface area contributed by atoms with Gasteiger partial charge in [0.1, 0.15) is 0 Å². The van der Waals surface area contributed by atoms with Gasteiger partial charge in [0.2, 0.25) is 5.91 Å². The second kappa shape index (κ2) is 7.54. The molecule has 28 heavy (non-hydrogen) atoms. The first-order chi connectivity index (χ1) is 13.7. The summed E-state index contributed by atoms with van der Waals surface area (Å²) in [6, 6.07) is 3.40. The van der Waals surface area contributed by atoms with Gasteiger partial charge >= 0.3 is 0 Å². The van der Waals surface area contributed by atoms with Crippen LogP contribution in [0.3, 0.4) is 0 Å². The van der Waals surface area contributed by atoms with Crippen molar-refractivity contribution in [2.75, 3.05) is 19.7 Å². The normalized spacial score (nSPS) is 32.6. The van der Waals surface area contributed by atoms with E-state index < -0.39 is 0 Å². The number of nitrogens with one attached hydrogen (secondary N) is 1. The van der Waals surface area contributed by atoms with Crippen molar-refractivity contribution in [3.05, 3.63) is 24.2 Å². The molecule has 1 saturated heterocycles. The second-order valence-corrected chi connectivity index (χ2v) is 9.24. The Hall–Kier alpha value is -1.82. The van der Waals surface area contributed by atoms with E-state index in [1.807, 2.05) is 0 Å². The van der Waals surface area contributed by atoms with Crippen molar-refractivity contribution in [1.29, 1.82) is 0 Å². The molecular formula is C22H30N2O4. The van der Waals surface area contributed by atoms with Crippen molar-refractivity contribution in [2.24, 2.45) is 23.7 Å². The molecule has 0 spiro atoms. The standard InChI is InChI=1S/C22H30N2O4/c25-21(19-5-2-8-27-19)23-18-9-16-11-24(22(26)15-3-1-4-15)12-17(16)10-20(18)28-13-14-6-7-14/h2,5,8,14-18,20H,1,3-4,6-7,9-13H2,(H,23,25)/t16-,17+,18-,20-/m0/s1. The monoisotopic (exact) mass is 386 g/mol. The zero-order valence-corrected chi connectivity index (χ0v) is 16.3. The number of hydrogen-bond donors (Lipinski definition) is 1. The van der Waals surface area contributed by atoms with Crippen LogP contribution in [0.15, 0.2) is 22.8 Å². The Morgan fingerprint density at radius 2 is 1.93 bits per heavy atom. The zero-order chi connectivity index (χ0) is 19.1. The van der Waals surface area contributed by atoms with Crippen LogP contribution >= 0.6 is 0 Å². The Labute approximate surface area is 166 Å². The number of likely N-dealkylation sites (tertiary alicyclic amines) is 1. The van der Waals surface area contributed by atoms with Crippen molar-refractivity contribution < 1.29 is 18.7 Å². The first kappa shape index (κ1) is 18.2. The predicted molar refractivity (Wildman–Crippen MR) is 103 cm³/mol. The van der Waals surface area contributed by atoms with E-state index in [4.69, 9.17) is 9.15 Å². The van der Waals surface area contributed by atoms with Gasteiger partial charge in [-0.1, -0.05) is 6.42 Å². The van der Waals surface area contributed by atoms with Gasteiger partial charge in [-0.05, 0) is 68.4 Å². The molecule has 152 valence electrons. The molecule has 5 rings (SSSR count). The second-order valence-electron chi connectivity index (χ2n) is 9.24. The van der Waals surface area contributed by atoms with Crippen LogP contribution in [-0.4, -0.2) is 48.6 Å². The van der Waals surface area contributed by atoms with Gasteiger partial charge < -0.3 is 19.4 Å². The van der Waals surface area contributed by atoms with Crippen molar-refractivity contribution in [3.63, 3.8) is 0 Å². The van der Waals surface area contributed by atoms with Gasteiger partial charge in [0, 0.05) is 25.6 Å². The largest absolute Gasteiger partial charge is 0.459 e. The summed E-state index contributed by atoms with van der Waals surface area (Å²) in [5.41, 5.74) is 0. The van der Waals surface area contributed by atoms with Crippen LogP contribution in [0.4, 0.5) is 0 Å². The van der Waals surface area contributed by atoms with E-state index in [-0.39, 0.29) is 24.0 Å². The average Bonchev–Trinajstić information content (AvgIpc) is 3.14. The maximum absolute atomic E-state index is 12.7. The predicted octanol–water partition coefficient (Wildman–Crippen LogP) is 2.84. The molecule has 4 fully saturated rings. The number of fused-ring (bicyclic) bond motifs is 1. The van der Waals surface area contributed by atoms with Gasteiger partial charge in [0.25, 0.3) is 5.91 Å². The molecule has 6 nitrogen and oxygen atoms in total. The van der Waals surface area contributed by atoms with Crippen molar-refractivity contribution in [1.82, 2.24) is 10.2 Å². The first-order valence-corrected chi connectivity index (χ1v) is 10.9. The Kier molecular flexibility index (Phi) is 4.91. The van der Waals surface area contributed by atoms with E-state index in [2.05, 4.69) is 10.2 Å². The molecule has 4 aliphatic rings. The molecule has 0 bridgehead atoms. The molecule has 3 saturated carbocycles. The van der Waals surface area contributed by atoms with Gasteiger partial charge in [-0.25, -0.2) is 0 Å². The maximum atomic E-state index is 12.7. The lowest BCUT2D eigenvalue weighted by molar-refractivity contribution is -0.137. The topological polar surface area (TPSA) is 71.8 Å². The zero-order valence-electron chi connectivity index (χ0n) is 16.3. The van der Waals surface area contributed by atoms with Crippen LogP contribution in [0.5, 0.6) is 0 Å². The van der Waals surface area contributed by atoms with Crippen LogP contribution in [0.25, 0.3) is 0 Å². The lowest BCUT2D eigenvalue weighted by Gasteiger charge is -2.38. The fourth-order valence-corrected chi connectivity index (χ4v) is 5.03.